The zero-order valence-corrected chi connectivity index (χ0v) is 11.3. The van der Waals surface area contributed by atoms with E-state index in [9.17, 15) is 0 Å². The molecule has 0 saturated heterocycles. The maximum Gasteiger partial charge on any atom is 0.113 e. The van der Waals surface area contributed by atoms with E-state index in [0.29, 0.717) is 0 Å². The first-order valence-electron chi connectivity index (χ1n) is 6.06. The van der Waals surface area contributed by atoms with Gasteiger partial charge in [0, 0.05) is 6.54 Å². The molecule has 4 heteroatoms. The first-order valence-corrected chi connectivity index (χ1v) is 7.26. The molecule has 1 saturated carbocycles. The minimum atomic E-state index is 0.780. The molecule has 0 radical (unpaired) electrons. The number of aromatic nitrogens is 1. The number of hydrogen-bond donors (Lipinski definition) is 1. The number of thiazole rings is 1. The molecule has 2 unspecified atom stereocenters. The van der Waals surface area contributed by atoms with Gasteiger partial charge in [-0.15, -0.1) is 11.3 Å². The van der Waals surface area contributed by atoms with E-state index in [1.807, 2.05) is 0 Å². The topological polar surface area (TPSA) is 24.9 Å². The summed E-state index contributed by atoms with van der Waals surface area (Å²) in [4.78, 5) is 4.24. The second-order valence-corrected chi connectivity index (χ2v) is 6.46. The van der Waals surface area contributed by atoms with Crippen molar-refractivity contribution in [2.45, 2.75) is 39.2 Å². The fourth-order valence-electron chi connectivity index (χ4n) is 2.43. The minimum Gasteiger partial charge on any atom is -0.310 e. The van der Waals surface area contributed by atoms with Gasteiger partial charge in [0.1, 0.15) is 9.34 Å². The lowest BCUT2D eigenvalue weighted by atomic mass is 9.80. The summed E-state index contributed by atoms with van der Waals surface area (Å²) in [6, 6.07) is 0. The van der Waals surface area contributed by atoms with E-state index >= 15 is 0 Å². The molecule has 0 bridgehead atoms. The molecule has 1 aromatic heterocycles. The molecule has 2 atom stereocenters. The van der Waals surface area contributed by atoms with Crippen LogP contribution in [0.15, 0.2) is 6.20 Å². The maximum absolute atomic E-state index is 5.84. The van der Waals surface area contributed by atoms with Crippen LogP contribution in [-0.2, 0) is 6.54 Å². The van der Waals surface area contributed by atoms with Gasteiger partial charge in [-0.3, -0.25) is 0 Å². The number of nitrogens with zero attached hydrogens (tertiary/aromatic N) is 1. The lowest BCUT2D eigenvalue weighted by Gasteiger charge is -2.28. The zero-order valence-electron chi connectivity index (χ0n) is 9.71. The molecule has 2 rings (SSSR count). The fourth-order valence-corrected chi connectivity index (χ4v) is 3.36. The predicted molar refractivity (Wildman–Crippen MR) is 70.0 cm³/mol. The average Bonchev–Trinajstić information content (AvgIpc) is 2.67. The smallest absolute Gasteiger partial charge is 0.113 e. The molecule has 0 spiro atoms. The van der Waals surface area contributed by atoms with Crippen LogP contribution in [0.2, 0.25) is 4.34 Å². The standard InChI is InChI=1S/C12H19ClN2S/c1-9-4-2-3-5-10(9)6-14-8-12-15-7-11(13)16-12/h7,9-10,14H,2-6,8H2,1H3. The Labute approximate surface area is 106 Å². The van der Waals surface area contributed by atoms with E-state index in [1.54, 1.807) is 17.5 Å². The van der Waals surface area contributed by atoms with Gasteiger partial charge in [0.2, 0.25) is 0 Å². The number of halogens is 1. The molecular formula is C12H19ClN2S. The van der Waals surface area contributed by atoms with Gasteiger partial charge in [0.25, 0.3) is 0 Å². The number of rotatable bonds is 4. The molecule has 1 aliphatic carbocycles. The van der Waals surface area contributed by atoms with Gasteiger partial charge < -0.3 is 5.32 Å². The lowest BCUT2D eigenvalue weighted by molar-refractivity contribution is 0.247. The molecule has 1 N–H and O–H groups in total. The van der Waals surface area contributed by atoms with Crippen LogP contribution >= 0.6 is 22.9 Å². The Morgan fingerprint density at radius 3 is 3.00 bits per heavy atom. The molecule has 0 aromatic carbocycles. The highest BCUT2D eigenvalue weighted by molar-refractivity contribution is 7.15. The normalized spacial score (nSPS) is 25.9. The molecule has 1 fully saturated rings. The Morgan fingerprint density at radius 1 is 1.50 bits per heavy atom. The summed E-state index contributed by atoms with van der Waals surface area (Å²) in [5, 5.41) is 4.60. The SMILES string of the molecule is CC1CCCCC1CNCc1ncc(Cl)s1. The largest absolute Gasteiger partial charge is 0.310 e. The zero-order chi connectivity index (χ0) is 11.4. The Bertz CT molecular complexity index is 327. The first kappa shape index (κ1) is 12.3. The van der Waals surface area contributed by atoms with E-state index < -0.39 is 0 Å². The maximum atomic E-state index is 5.84. The summed E-state index contributed by atoms with van der Waals surface area (Å²) in [7, 11) is 0. The van der Waals surface area contributed by atoms with E-state index in [0.717, 1.165) is 34.3 Å². The molecule has 0 amide bonds. The van der Waals surface area contributed by atoms with Gasteiger partial charge in [-0.1, -0.05) is 37.8 Å². The molecular weight excluding hydrogens is 240 g/mol. The van der Waals surface area contributed by atoms with Crippen molar-refractivity contribution in [2.75, 3.05) is 6.54 Å². The van der Waals surface area contributed by atoms with Crippen molar-refractivity contribution < 1.29 is 0 Å². The summed E-state index contributed by atoms with van der Waals surface area (Å²) in [5.41, 5.74) is 0. The second-order valence-electron chi connectivity index (χ2n) is 4.71. The summed E-state index contributed by atoms with van der Waals surface area (Å²) in [6.45, 7) is 4.37. The predicted octanol–water partition coefficient (Wildman–Crippen LogP) is 3.71. The third kappa shape index (κ3) is 3.44. The van der Waals surface area contributed by atoms with Gasteiger partial charge in [-0.05, 0) is 24.8 Å². The van der Waals surface area contributed by atoms with Gasteiger partial charge in [-0.25, -0.2) is 4.98 Å². The molecule has 1 heterocycles. The first-order chi connectivity index (χ1) is 7.75. The quantitative estimate of drug-likeness (QED) is 0.891. The van der Waals surface area contributed by atoms with Crippen LogP contribution in [0.3, 0.4) is 0 Å². The van der Waals surface area contributed by atoms with Crippen LogP contribution in [0.5, 0.6) is 0 Å². The Hall–Kier alpha value is -0.120. The number of nitrogens with one attached hydrogen (secondary N) is 1. The van der Waals surface area contributed by atoms with Crippen LogP contribution in [0.25, 0.3) is 0 Å². The summed E-state index contributed by atoms with van der Waals surface area (Å²) in [5.74, 6) is 1.73. The third-order valence-electron chi connectivity index (χ3n) is 3.50. The van der Waals surface area contributed by atoms with Gasteiger partial charge >= 0.3 is 0 Å². The molecule has 0 aliphatic heterocycles. The highest BCUT2D eigenvalue weighted by Crippen LogP contribution is 2.29. The van der Waals surface area contributed by atoms with Crippen LogP contribution in [0.4, 0.5) is 0 Å². The molecule has 1 aromatic rings. The molecule has 16 heavy (non-hydrogen) atoms. The van der Waals surface area contributed by atoms with Crippen LogP contribution in [0.1, 0.15) is 37.6 Å². The Kier molecular flexibility index (Phi) is 4.62. The van der Waals surface area contributed by atoms with Crippen molar-refractivity contribution in [1.29, 1.82) is 0 Å². The monoisotopic (exact) mass is 258 g/mol. The summed E-state index contributed by atoms with van der Waals surface area (Å²) >= 11 is 7.41. The van der Waals surface area contributed by atoms with Gasteiger partial charge in [0.05, 0.1) is 6.20 Å². The van der Waals surface area contributed by atoms with Crippen molar-refractivity contribution in [1.82, 2.24) is 10.3 Å². The van der Waals surface area contributed by atoms with Crippen molar-refractivity contribution in [3.63, 3.8) is 0 Å². The van der Waals surface area contributed by atoms with E-state index in [2.05, 4.69) is 17.2 Å². The summed E-state index contributed by atoms with van der Waals surface area (Å²) in [6.07, 6.45) is 7.33. The Balaban J connectivity index is 1.71. The molecule has 2 nitrogen and oxygen atoms in total. The average molecular weight is 259 g/mol. The molecule has 1 aliphatic rings. The second kappa shape index (κ2) is 5.99. The van der Waals surface area contributed by atoms with Gasteiger partial charge in [0.15, 0.2) is 0 Å². The van der Waals surface area contributed by atoms with Crippen molar-refractivity contribution in [3.8, 4) is 0 Å². The van der Waals surface area contributed by atoms with E-state index in [4.69, 9.17) is 11.6 Å². The van der Waals surface area contributed by atoms with E-state index in [-0.39, 0.29) is 0 Å². The van der Waals surface area contributed by atoms with Crippen LogP contribution in [0, 0.1) is 11.8 Å². The summed E-state index contributed by atoms with van der Waals surface area (Å²) < 4.78 is 0.780. The highest BCUT2D eigenvalue weighted by atomic mass is 35.5. The van der Waals surface area contributed by atoms with Crippen molar-refractivity contribution in [2.24, 2.45) is 11.8 Å². The highest BCUT2D eigenvalue weighted by Gasteiger charge is 2.20. The number of hydrogen-bond acceptors (Lipinski definition) is 3. The van der Waals surface area contributed by atoms with Crippen molar-refractivity contribution in [3.05, 3.63) is 15.5 Å². The van der Waals surface area contributed by atoms with Crippen LogP contribution in [-0.4, -0.2) is 11.5 Å². The van der Waals surface area contributed by atoms with Gasteiger partial charge in [-0.2, -0.15) is 0 Å². The van der Waals surface area contributed by atoms with E-state index in [1.165, 1.54) is 25.7 Å². The lowest BCUT2D eigenvalue weighted by Crippen LogP contribution is -2.29. The van der Waals surface area contributed by atoms with Crippen molar-refractivity contribution >= 4 is 22.9 Å². The fraction of sp³-hybridized carbons (Fsp3) is 0.750. The Morgan fingerprint density at radius 2 is 2.31 bits per heavy atom. The van der Waals surface area contributed by atoms with Crippen LogP contribution < -0.4 is 5.32 Å². The third-order valence-corrected chi connectivity index (χ3v) is 4.61. The minimum absolute atomic E-state index is 0.780. The molecule has 90 valence electrons.